The average Bonchev–Trinajstić information content (AvgIpc) is 2.79. The van der Waals surface area contributed by atoms with Gasteiger partial charge in [0.1, 0.15) is 17.2 Å². The van der Waals surface area contributed by atoms with Gasteiger partial charge in [0, 0.05) is 12.1 Å². The maximum Gasteiger partial charge on any atom is 0.269 e. The zero-order valence-corrected chi connectivity index (χ0v) is 19.7. The molecule has 0 aliphatic rings. The standard InChI is InChI=1S/C13H11NO6S.4C2H6/c1-19-12-7-6-11(8-13(12)21(17)18)20-10-4-2-9(3-5-10)14(15)16;4*1-2/h2-8H,1H3,(H,17,18);4*1-2H3/p-1. The van der Waals surface area contributed by atoms with Crippen LogP contribution in [-0.2, 0) is 11.1 Å². The summed E-state index contributed by atoms with van der Waals surface area (Å²) < 4.78 is 32.6. The number of benzene rings is 2. The number of non-ortho nitro benzene ring substituents is 1. The van der Waals surface area contributed by atoms with Crippen LogP contribution in [0.15, 0.2) is 47.4 Å². The van der Waals surface area contributed by atoms with Gasteiger partial charge in [-0.15, -0.1) is 0 Å². The van der Waals surface area contributed by atoms with Gasteiger partial charge in [0.05, 0.1) is 16.9 Å². The number of hydrogen-bond donors (Lipinski definition) is 0. The highest BCUT2D eigenvalue weighted by Crippen LogP contribution is 2.30. The number of rotatable bonds is 5. The maximum absolute atomic E-state index is 11.1. The lowest BCUT2D eigenvalue weighted by Crippen LogP contribution is -1.96. The van der Waals surface area contributed by atoms with Crippen LogP contribution in [0, 0.1) is 10.1 Å². The fourth-order valence-corrected chi connectivity index (χ4v) is 2.15. The Morgan fingerprint density at radius 2 is 1.28 bits per heavy atom. The van der Waals surface area contributed by atoms with Crippen LogP contribution in [0.4, 0.5) is 5.69 Å². The Balaban J connectivity index is -0.000000754. The normalized spacial score (nSPS) is 9.31. The number of nitro benzene ring substituents is 1. The van der Waals surface area contributed by atoms with Crippen LogP contribution >= 0.6 is 0 Å². The number of nitro groups is 1. The Kier molecular flexibility index (Phi) is 21.9. The summed E-state index contributed by atoms with van der Waals surface area (Å²) in [6, 6.07) is 9.76. The van der Waals surface area contributed by atoms with E-state index in [1.807, 2.05) is 55.4 Å². The molecule has 0 amide bonds. The molecule has 2 aromatic rings. The highest BCUT2D eigenvalue weighted by atomic mass is 32.2. The third kappa shape index (κ3) is 11.9. The van der Waals surface area contributed by atoms with Gasteiger partial charge < -0.3 is 14.0 Å². The smallest absolute Gasteiger partial charge is 0.269 e. The van der Waals surface area contributed by atoms with Gasteiger partial charge in [-0.05, 0) is 41.4 Å². The van der Waals surface area contributed by atoms with Crippen molar-refractivity contribution in [3.8, 4) is 17.2 Å². The minimum Gasteiger partial charge on any atom is -0.768 e. The molecule has 0 saturated carbocycles. The number of hydrogen-bond acceptors (Lipinski definition) is 6. The number of methoxy groups -OCH3 is 1. The molecule has 0 spiro atoms. The SMILES string of the molecule is CC.CC.CC.CC.COc1ccc(Oc2ccc([N+](=O)[O-])cc2)cc1S(=O)[O-]. The monoisotopic (exact) mass is 428 g/mol. The Bertz CT molecular complexity index is 690. The van der Waals surface area contributed by atoms with Gasteiger partial charge in [0.15, 0.2) is 0 Å². The zero-order chi connectivity index (χ0) is 23.4. The quantitative estimate of drug-likeness (QED) is 0.297. The van der Waals surface area contributed by atoms with E-state index in [-0.39, 0.29) is 22.1 Å². The molecule has 0 N–H and O–H groups in total. The van der Waals surface area contributed by atoms with E-state index in [9.17, 15) is 18.9 Å². The lowest BCUT2D eigenvalue weighted by molar-refractivity contribution is -0.384. The summed E-state index contributed by atoms with van der Waals surface area (Å²) in [7, 11) is 1.36. The molecule has 0 aromatic heterocycles. The topological polar surface area (TPSA) is 102 Å². The summed E-state index contributed by atoms with van der Waals surface area (Å²) in [6.07, 6.45) is 0. The fraction of sp³-hybridized carbons (Fsp3) is 0.429. The molecule has 0 bridgehead atoms. The van der Waals surface area contributed by atoms with Crippen LogP contribution in [-0.4, -0.2) is 20.8 Å². The highest BCUT2D eigenvalue weighted by molar-refractivity contribution is 7.79. The first kappa shape index (κ1) is 31.3. The molecule has 8 heteroatoms. The summed E-state index contributed by atoms with van der Waals surface area (Å²) in [5.74, 6) is 0.844. The molecular formula is C21H34NO6S-. The fourth-order valence-electron chi connectivity index (χ4n) is 1.62. The predicted molar refractivity (Wildman–Crippen MR) is 119 cm³/mol. The molecule has 166 valence electrons. The van der Waals surface area contributed by atoms with Gasteiger partial charge in [0.2, 0.25) is 0 Å². The van der Waals surface area contributed by atoms with E-state index in [0.29, 0.717) is 5.75 Å². The zero-order valence-electron chi connectivity index (χ0n) is 18.8. The van der Waals surface area contributed by atoms with Crippen molar-refractivity contribution in [2.45, 2.75) is 60.3 Å². The minimum atomic E-state index is -2.46. The first-order valence-corrected chi connectivity index (χ1v) is 10.8. The Hall–Kier alpha value is -2.45. The lowest BCUT2D eigenvalue weighted by atomic mass is 10.3. The molecule has 0 fully saturated rings. The maximum atomic E-state index is 11.1. The van der Waals surface area contributed by atoms with Crippen molar-refractivity contribution in [2.75, 3.05) is 7.11 Å². The van der Waals surface area contributed by atoms with Crippen molar-refractivity contribution in [3.05, 3.63) is 52.6 Å². The summed E-state index contributed by atoms with van der Waals surface area (Å²) in [5.41, 5.74) is -0.0570. The van der Waals surface area contributed by atoms with Gasteiger partial charge in [-0.1, -0.05) is 55.4 Å². The summed E-state index contributed by atoms with van der Waals surface area (Å²) in [5, 5.41) is 10.5. The number of ether oxygens (including phenoxy) is 2. The third-order valence-corrected chi connectivity index (χ3v) is 3.28. The molecule has 0 radical (unpaired) electrons. The van der Waals surface area contributed by atoms with Gasteiger partial charge in [-0.2, -0.15) is 0 Å². The second kappa shape index (κ2) is 20.3. The second-order valence-electron chi connectivity index (χ2n) is 3.90. The number of nitrogens with zero attached hydrogens (tertiary/aromatic N) is 1. The molecule has 7 nitrogen and oxygen atoms in total. The van der Waals surface area contributed by atoms with Crippen molar-refractivity contribution in [1.29, 1.82) is 0 Å². The summed E-state index contributed by atoms with van der Waals surface area (Å²) in [4.78, 5) is 9.99. The third-order valence-electron chi connectivity index (χ3n) is 2.60. The summed E-state index contributed by atoms with van der Waals surface area (Å²) >= 11 is -2.46. The first-order valence-electron chi connectivity index (χ1n) is 9.71. The van der Waals surface area contributed by atoms with Crippen molar-refractivity contribution in [1.82, 2.24) is 0 Å². The van der Waals surface area contributed by atoms with Gasteiger partial charge >= 0.3 is 0 Å². The van der Waals surface area contributed by atoms with Crippen LogP contribution in [0.25, 0.3) is 0 Å². The molecule has 2 aromatic carbocycles. The molecule has 2 rings (SSSR count). The Morgan fingerprint density at radius 3 is 1.66 bits per heavy atom. The van der Waals surface area contributed by atoms with Crippen LogP contribution in [0.2, 0.25) is 0 Å². The van der Waals surface area contributed by atoms with Gasteiger partial charge in [0.25, 0.3) is 5.69 Å². The van der Waals surface area contributed by atoms with Crippen LogP contribution in [0.5, 0.6) is 17.2 Å². The molecule has 29 heavy (non-hydrogen) atoms. The van der Waals surface area contributed by atoms with E-state index < -0.39 is 16.0 Å². The highest BCUT2D eigenvalue weighted by Gasteiger charge is 2.08. The van der Waals surface area contributed by atoms with Crippen LogP contribution in [0.1, 0.15) is 55.4 Å². The van der Waals surface area contributed by atoms with E-state index in [4.69, 9.17) is 9.47 Å². The van der Waals surface area contributed by atoms with Crippen molar-refractivity contribution in [2.24, 2.45) is 0 Å². The summed E-state index contributed by atoms with van der Waals surface area (Å²) in [6.45, 7) is 16.0. The van der Waals surface area contributed by atoms with Crippen LogP contribution < -0.4 is 9.47 Å². The second-order valence-corrected chi connectivity index (χ2v) is 4.81. The molecule has 0 heterocycles. The minimum absolute atomic E-state index is 0.0306. The van der Waals surface area contributed by atoms with Crippen molar-refractivity contribution >= 4 is 16.8 Å². The van der Waals surface area contributed by atoms with E-state index in [1.165, 1.54) is 49.6 Å². The first-order chi connectivity index (χ1) is 14.0. The molecule has 1 unspecified atom stereocenters. The van der Waals surface area contributed by atoms with E-state index >= 15 is 0 Å². The van der Waals surface area contributed by atoms with Crippen LogP contribution in [0.3, 0.4) is 0 Å². The molecule has 0 aliphatic carbocycles. The van der Waals surface area contributed by atoms with E-state index in [1.54, 1.807) is 0 Å². The average molecular weight is 429 g/mol. The van der Waals surface area contributed by atoms with Crippen molar-refractivity contribution in [3.63, 3.8) is 0 Å². The largest absolute Gasteiger partial charge is 0.768 e. The Labute approximate surface area is 177 Å². The van der Waals surface area contributed by atoms with E-state index in [0.717, 1.165) is 0 Å². The van der Waals surface area contributed by atoms with Crippen molar-refractivity contribution < 1.29 is 23.2 Å². The molecule has 0 aliphatic heterocycles. The van der Waals surface area contributed by atoms with Gasteiger partial charge in [-0.3, -0.25) is 14.3 Å². The van der Waals surface area contributed by atoms with Gasteiger partial charge in [-0.25, -0.2) is 0 Å². The molecule has 0 saturated heterocycles. The predicted octanol–water partition coefficient (Wildman–Crippen LogP) is 6.74. The lowest BCUT2D eigenvalue weighted by Gasteiger charge is -2.13. The van der Waals surface area contributed by atoms with E-state index in [2.05, 4.69) is 0 Å². The molecule has 1 atom stereocenters. The molecular weight excluding hydrogens is 394 g/mol. The Morgan fingerprint density at radius 1 is 0.828 bits per heavy atom.